The van der Waals surface area contributed by atoms with Crippen molar-refractivity contribution in [2.75, 3.05) is 5.43 Å². The predicted molar refractivity (Wildman–Crippen MR) is 55.2 cm³/mol. The smallest absolute Gasteiger partial charge is 0.0967 e. The van der Waals surface area contributed by atoms with Gasteiger partial charge in [0.25, 0.3) is 0 Å². The topological polar surface area (TPSA) is 48.8 Å². The fraction of sp³-hybridized carbons (Fsp3) is 0. The van der Waals surface area contributed by atoms with Crippen LogP contribution in [0.15, 0.2) is 34.6 Å². The predicted octanol–water partition coefficient (Wildman–Crippen LogP) is -0.122. The summed E-state index contributed by atoms with van der Waals surface area (Å²) in [5.74, 6) is 0. The summed E-state index contributed by atoms with van der Waals surface area (Å²) in [5.41, 5.74) is 8.14. The van der Waals surface area contributed by atoms with Crippen molar-refractivity contribution in [3.8, 4) is 0 Å². The van der Waals surface area contributed by atoms with E-state index in [4.69, 9.17) is 0 Å². The maximum Gasteiger partial charge on any atom is 0.0967 e. The molecule has 3 rings (SSSR count). The van der Waals surface area contributed by atoms with Gasteiger partial charge in [0.2, 0.25) is 0 Å². The second kappa shape index (κ2) is 2.70. The summed E-state index contributed by atoms with van der Waals surface area (Å²) in [7, 11) is 0. The van der Waals surface area contributed by atoms with E-state index >= 15 is 0 Å². The molecule has 4 nitrogen and oxygen atoms in total. The standard InChI is InChI=1S/C10H8N4/c1-2-7-3-4-9-8(6-12-13-9)10(7)14-11-5-1/h1-6,11,14H. The molecule has 2 N–H and O–H groups in total. The molecule has 0 amide bonds. The average molecular weight is 184 g/mol. The minimum absolute atomic E-state index is 0.911. The molecule has 0 saturated carbocycles. The maximum atomic E-state index is 4.01. The zero-order valence-electron chi connectivity index (χ0n) is 7.36. The third-order valence-corrected chi connectivity index (χ3v) is 2.26. The molecule has 0 fully saturated rings. The lowest BCUT2D eigenvalue weighted by Crippen LogP contribution is -2.24. The molecule has 0 bridgehead atoms. The maximum absolute atomic E-state index is 4.01. The van der Waals surface area contributed by atoms with Gasteiger partial charge in [0.15, 0.2) is 0 Å². The fourth-order valence-corrected chi connectivity index (χ4v) is 1.58. The number of rotatable bonds is 0. The molecule has 0 atom stereocenters. The van der Waals surface area contributed by atoms with Crippen LogP contribution in [0.25, 0.3) is 6.08 Å². The van der Waals surface area contributed by atoms with E-state index in [1.807, 2.05) is 30.5 Å². The van der Waals surface area contributed by atoms with Crippen LogP contribution < -0.4 is 21.4 Å². The summed E-state index contributed by atoms with van der Waals surface area (Å²) < 4.78 is 0. The molecular formula is C10H8N4. The van der Waals surface area contributed by atoms with Gasteiger partial charge in [-0.3, -0.25) is 0 Å². The molecule has 0 saturated heterocycles. The number of fused-ring (bicyclic) bond motifs is 3. The first kappa shape index (κ1) is 7.32. The van der Waals surface area contributed by atoms with E-state index < -0.39 is 0 Å². The van der Waals surface area contributed by atoms with Gasteiger partial charge in [-0.2, -0.15) is 10.2 Å². The third kappa shape index (κ3) is 0.939. The first-order valence-corrected chi connectivity index (χ1v) is 4.38. The minimum Gasteiger partial charge on any atom is -0.308 e. The molecule has 0 spiro atoms. The van der Waals surface area contributed by atoms with Gasteiger partial charge in [0.05, 0.1) is 17.3 Å². The van der Waals surface area contributed by atoms with Gasteiger partial charge < -0.3 is 10.9 Å². The number of nitrogens with one attached hydrogen (secondary N) is 2. The van der Waals surface area contributed by atoms with E-state index in [2.05, 4.69) is 21.1 Å². The van der Waals surface area contributed by atoms with Crippen LogP contribution in [-0.4, -0.2) is 6.21 Å². The number of allylic oxidation sites excluding steroid dienone is 1. The SMILES string of the molecule is C1=CNNc2c3c(ccc2=C1)=NN=C3. The van der Waals surface area contributed by atoms with Crippen LogP contribution >= 0.6 is 0 Å². The third-order valence-electron chi connectivity index (χ3n) is 2.26. The second-order valence-electron chi connectivity index (χ2n) is 3.10. The molecule has 2 aliphatic heterocycles. The Labute approximate surface area is 80.3 Å². The Morgan fingerprint density at radius 3 is 3.21 bits per heavy atom. The number of hydrogen-bond donors (Lipinski definition) is 2. The molecule has 2 aliphatic rings. The van der Waals surface area contributed by atoms with Gasteiger partial charge in [-0.25, -0.2) is 0 Å². The normalized spacial score (nSPS) is 15.4. The Hall–Kier alpha value is -2.10. The molecule has 0 aromatic heterocycles. The van der Waals surface area contributed by atoms with Crippen molar-refractivity contribution >= 4 is 18.0 Å². The van der Waals surface area contributed by atoms with E-state index in [1.165, 1.54) is 0 Å². The highest BCUT2D eigenvalue weighted by Gasteiger charge is 2.08. The van der Waals surface area contributed by atoms with Gasteiger partial charge in [-0.1, -0.05) is 12.1 Å². The lowest BCUT2D eigenvalue weighted by molar-refractivity contribution is 1.06. The molecule has 14 heavy (non-hydrogen) atoms. The summed E-state index contributed by atoms with van der Waals surface area (Å²) in [5, 5.41) is 9.94. The van der Waals surface area contributed by atoms with E-state index in [0.717, 1.165) is 21.8 Å². The lowest BCUT2D eigenvalue weighted by Gasteiger charge is -2.06. The molecule has 2 heterocycles. The first-order chi connectivity index (χ1) is 6.95. The van der Waals surface area contributed by atoms with Gasteiger partial charge in [0, 0.05) is 17.0 Å². The second-order valence-corrected chi connectivity index (χ2v) is 3.10. The van der Waals surface area contributed by atoms with Crippen molar-refractivity contribution in [2.24, 2.45) is 10.2 Å². The Bertz CT molecular complexity index is 554. The van der Waals surface area contributed by atoms with E-state index in [9.17, 15) is 0 Å². The lowest BCUT2D eigenvalue weighted by atomic mass is 10.1. The van der Waals surface area contributed by atoms with Crippen LogP contribution in [0.3, 0.4) is 0 Å². The summed E-state index contributed by atoms with van der Waals surface area (Å²) in [6.45, 7) is 0. The Kier molecular flexibility index (Phi) is 1.41. The minimum atomic E-state index is 0.911. The molecule has 1 aromatic rings. The van der Waals surface area contributed by atoms with E-state index in [0.29, 0.717) is 0 Å². The quantitative estimate of drug-likeness (QED) is 0.590. The fourth-order valence-electron chi connectivity index (χ4n) is 1.58. The van der Waals surface area contributed by atoms with Crippen molar-refractivity contribution in [1.29, 1.82) is 0 Å². The van der Waals surface area contributed by atoms with Crippen LogP contribution in [0, 0.1) is 0 Å². The van der Waals surface area contributed by atoms with Crippen molar-refractivity contribution in [3.05, 3.63) is 40.5 Å². The van der Waals surface area contributed by atoms with Crippen LogP contribution in [0.5, 0.6) is 0 Å². The van der Waals surface area contributed by atoms with Crippen LogP contribution in [0.2, 0.25) is 0 Å². The van der Waals surface area contributed by atoms with Gasteiger partial charge in [-0.15, -0.1) is 0 Å². The highest BCUT2D eigenvalue weighted by atomic mass is 15.3. The zero-order chi connectivity index (χ0) is 9.38. The average Bonchev–Trinajstić information content (AvgIpc) is 2.55. The number of anilines is 1. The monoisotopic (exact) mass is 184 g/mol. The number of hydrogen-bond acceptors (Lipinski definition) is 4. The summed E-state index contributed by atoms with van der Waals surface area (Å²) in [6, 6.07) is 4.00. The highest BCUT2D eigenvalue weighted by molar-refractivity contribution is 5.89. The van der Waals surface area contributed by atoms with Crippen molar-refractivity contribution in [3.63, 3.8) is 0 Å². The largest absolute Gasteiger partial charge is 0.308 e. The number of nitrogens with zero attached hydrogens (tertiary/aromatic N) is 2. The van der Waals surface area contributed by atoms with E-state index in [1.54, 1.807) is 6.21 Å². The van der Waals surface area contributed by atoms with Gasteiger partial charge in [0.1, 0.15) is 0 Å². The molecule has 0 radical (unpaired) electrons. The molecule has 68 valence electrons. The van der Waals surface area contributed by atoms with Crippen molar-refractivity contribution in [1.82, 2.24) is 5.43 Å². The summed E-state index contributed by atoms with van der Waals surface area (Å²) >= 11 is 0. The van der Waals surface area contributed by atoms with Gasteiger partial charge >= 0.3 is 0 Å². The Balaban J connectivity index is 2.39. The number of hydrazine groups is 1. The zero-order valence-corrected chi connectivity index (χ0v) is 7.36. The highest BCUT2D eigenvalue weighted by Crippen LogP contribution is 2.06. The molecule has 0 unspecified atom stereocenters. The van der Waals surface area contributed by atoms with Crippen molar-refractivity contribution in [2.45, 2.75) is 0 Å². The van der Waals surface area contributed by atoms with Crippen LogP contribution in [0.4, 0.5) is 5.69 Å². The van der Waals surface area contributed by atoms with Crippen LogP contribution in [-0.2, 0) is 0 Å². The Morgan fingerprint density at radius 1 is 1.21 bits per heavy atom. The Morgan fingerprint density at radius 2 is 2.21 bits per heavy atom. The number of benzene rings is 1. The molecule has 1 aromatic carbocycles. The van der Waals surface area contributed by atoms with Gasteiger partial charge in [-0.05, 0) is 12.1 Å². The molecular weight excluding hydrogens is 176 g/mol. The van der Waals surface area contributed by atoms with Crippen LogP contribution in [0.1, 0.15) is 5.56 Å². The first-order valence-electron chi connectivity index (χ1n) is 4.38. The molecule has 4 heteroatoms. The summed E-state index contributed by atoms with van der Waals surface area (Å²) in [6.07, 6.45) is 7.60. The van der Waals surface area contributed by atoms with Crippen molar-refractivity contribution < 1.29 is 0 Å². The van der Waals surface area contributed by atoms with E-state index in [-0.39, 0.29) is 0 Å². The molecule has 0 aliphatic carbocycles. The summed E-state index contributed by atoms with van der Waals surface area (Å²) in [4.78, 5) is 0.